The summed E-state index contributed by atoms with van der Waals surface area (Å²) in [6, 6.07) is -0.162. The van der Waals surface area contributed by atoms with Crippen molar-refractivity contribution >= 4 is 22.9 Å². The number of rotatable bonds is 2. The minimum atomic E-state index is -0.173. The van der Waals surface area contributed by atoms with Crippen LogP contribution in [0.2, 0.25) is 0 Å². The van der Waals surface area contributed by atoms with Crippen LogP contribution in [0.15, 0.2) is 0 Å². The molecule has 0 saturated carbocycles. The minimum Gasteiger partial charge on any atom is -0.328 e. The van der Waals surface area contributed by atoms with Crippen molar-refractivity contribution in [2.45, 2.75) is 13.0 Å². The number of nitrogens with zero attached hydrogens (tertiary/aromatic N) is 1. The van der Waals surface area contributed by atoms with Crippen LogP contribution in [0.25, 0.3) is 0 Å². The normalized spacial score (nSPS) is 21.1. The van der Waals surface area contributed by atoms with Crippen LogP contribution < -0.4 is 5.73 Å². The third-order valence-electron chi connectivity index (χ3n) is 1.57. The lowest BCUT2D eigenvalue weighted by atomic mass is 10.3. The van der Waals surface area contributed by atoms with E-state index in [0.717, 1.165) is 11.8 Å². The molecule has 0 aliphatic carbocycles. The van der Waals surface area contributed by atoms with Crippen LogP contribution >= 0.6 is 11.8 Å². The van der Waals surface area contributed by atoms with Gasteiger partial charge < -0.3 is 5.73 Å². The first kappa shape index (κ1) is 8.55. The molecular formula is C6H10N2O2S. The lowest BCUT2D eigenvalue weighted by Crippen LogP contribution is -2.41. The van der Waals surface area contributed by atoms with E-state index in [1.165, 1.54) is 4.90 Å². The van der Waals surface area contributed by atoms with Gasteiger partial charge in [0.2, 0.25) is 5.91 Å². The summed E-state index contributed by atoms with van der Waals surface area (Å²) < 4.78 is 0. The monoisotopic (exact) mass is 174 g/mol. The Bertz CT molecular complexity index is 179. The lowest BCUT2D eigenvalue weighted by Gasteiger charge is -2.19. The molecule has 0 aromatic carbocycles. The first-order chi connectivity index (χ1) is 5.16. The van der Waals surface area contributed by atoms with Gasteiger partial charge in [0.1, 0.15) is 0 Å². The molecule has 0 unspecified atom stereocenters. The summed E-state index contributed by atoms with van der Waals surface area (Å²) in [5.41, 5.74) is 5.32. The highest BCUT2D eigenvalue weighted by molar-refractivity contribution is 8.14. The predicted molar refractivity (Wildman–Crippen MR) is 43.2 cm³/mol. The highest BCUT2D eigenvalue weighted by Crippen LogP contribution is 2.20. The minimum absolute atomic E-state index is 0.127. The van der Waals surface area contributed by atoms with Gasteiger partial charge in [-0.1, -0.05) is 11.8 Å². The maximum atomic E-state index is 11.0. The van der Waals surface area contributed by atoms with Crippen LogP contribution in [-0.2, 0) is 4.79 Å². The van der Waals surface area contributed by atoms with E-state index in [1.54, 1.807) is 6.92 Å². The van der Waals surface area contributed by atoms with Crippen molar-refractivity contribution < 1.29 is 9.59 Å². The van der Waals surface area contributed by atoms with E-state index in [-0.39, 0.29) is 22.9 Å². The smallest absolute Gasteiger partial charge is 0.289 e. The molecule has 0 aromatic heterocycles. The number of amides is 2. The summed E-state index contributed by atoms with van der Waals surface area (Å²) >= 11 is 1.04. The molecule has 4 nitrogen and oxygen atoms in total. The van der Waals surface area contributed by atoms with E-state index in [2.05, 4.69) is 0 Å². The quantitative estimate of drug-likeness (QED) is 0.641. The van der Waals surface area contributed by atoms with Crippen LogP contribution in [0.3, 0.4) is 0 Å². The molecule has 5 heteroatoms. The zero-order valence-corrected chi connectivity index (χ0v) is 7.06. The summed E-state index contributed by atoms with van der Waals surface area (Å²) in [5.74, 6) is 0.140. The molecule has 1 fully saturated rings. The van der Waals surface area contributed by atoms with Gasteiger partial charge in [0.15, 0.2) is 0 Å². The largest absolute Gasteiger partial charge is 0.328 e. The number of carbonyl (C=O) groups is 2. The van der Waals surface area contributed by atoms with Gasteiger partial charge in [-0.2, -0.15) is 0 Å². The van der Waals surface area contributed by atoms with Gasteiger partial charge >= 0.3 is 0 Å². The van der Waals surface area contributed by atoms with Crippen molar-refractivity contribution in [1.82, 2.24) is 4.90 Å². The molecule has 1 heterocycles. The number of nitrogens with two attached hydrogens (primary N) is 1. The van der Waals surface area contributed by atoms with E-state index >= 15 is 0 Å². The fourth-order valence-corrected chi connectivity index (χ4v) is 1.70. The molecule has 2 amide bonds. The molecule has 1 aliphatic rings. The number of hydrogen-bond donors (Lipinski definition) is 1. The Kier molecular flexibility index (Phi) is 2.51. The molecule has 0 bridgehead atoms. The van der Waals surface area contributed by atoms with Crippen molar-refractivity contribution in [3.8, 4) is 0 Å². The van der Waals surface area contributed by atoms with Crippen LogP contribution in [0.4, 0.5) is 4.79 Å². The Morgan fingerprint density at radius 2 is 2.36 bits per heavy atom. The molecule has 0 aromatic rings. The van der Waals surface area contributed by atoms with Crippen molar-refractivity contribution in [1.29, 1.82) is 0 Å². The standard InChI is InChI=1S/C6H10N2O2S/c1-4(2-7)8-5(9)3-11-6(8)10/h4H,2-3,7H2,1H3/t4-/m1/s1. The maximum absolute atomic E-state index is 11.0. The second kappa shape index (κ2) is 3.23. The molecule has 1 aliphatic heterocycles. The summed E-state index contributed by atoms with van der Waals surface area (Å²) in [6.45, 7) is 2.10. The van der Waals surface area contributed by atoms with Crippen molar-refractivity contribution in [2.24, 2.45) is 5.73 Å². The van der Waals surface area contributed by atoms with E-state index < -0.39 is 0 Å². The van der Waals surface area contributed by atoms with Crippen LogP contribution in [0.5, 0.6) is 0 Å². The second-order valence-corrected chi connectivity index (χ2v) is 3.33. The third-order valence-corrected chi connectivity index (χ3v) is 2.40. The number of thioether (sulfide) groups is 1. The van der Waals surface area contributed by atoms with E-state index in [4.69, 9.17) is 5.73 Å². The first-order valence-corrected chi connectivity index (χ1v) is 4.34. The Morgan fingerprint density at radius 1 is 1.73 bits per heavy atom. The Morgan fingerprint density at radius 3 is 2.73 bits per heavy atom. The average Bonchev–Trinajstić information content (AvgIpc) is 2.30. The van der Waals surface area contributed by atoms with Gasteiger partial charge in [-0.05, 0) is 6.92 Å². The van der Waals surface area contributed by atoms with E-state index in [9.17, 15) is 9.59 Å². The molecule has 1 saturated heterocycles. The van der Waals surface area contributed by atoms with E-state index in [0.29, 0.717) is 6.54 Å². The SMILES string of the molecule is C[C@H](CN)N1C(=O)CSC1=O. The molecular weight excluding hydrogens is 164 g/mol. The molecule has 11 heavy (non-hydrogen) atoms. The number of carbonyl (C=O) groups excluding carboxylic acids is 2. The van der Waals surface area contributed by atoms with Gasteiger partial charge in [0, 0.05) is 12.6 Å². The van der Waals surface area contributed by atoms with Crippen molar-refractivity contribution in [3.05, 3.63) is 0 Å². The second-order valence-electron chi connectivity index (χ2n) is 2.40. The van der Waals surface area contributed by atoms with Gasteiger partial charge in [-0.15, -0.1) is 0 Å². The van der Waals surface area contributed by atoms with Crippen LogP contribution in [0, 0.1) is 0 Å². The van der Waals surface area contributed by atoms with Crippen molar-refractivity contribution in [2.75, 3.05) is 12.3 Å². The molecule has 1 rings (SSSR count). The fraction of sp³-hybridized carbons (Fsp3) is 0.667. The van der Waals surface area contributed by atoms with E-state index in [1.807, 2.05) is 0 Å². The highest BCUT2D eigenvalue weighted by Gasteiger charge is 2.32. The summed E-state index contributed by atoms with van der Waals surface area (Å²) in [4.78, 5) is 23.2. The summed E-state index contributed by atoms with van der Waals surface area (Å²) in [5, 5.41) is -0.173. The summed E-state index contributed by atoms with van der Waals surface area (Å²) in [7, 11) is 0. The summed E-state index contributed by atoms with van der Waals surface area (Å²) in [6.07, 6.45) is 0. The molecule has 0 spiro atoms. The molecule has 2 N–H and O–H groups in total. The van der Waals surface area contributed by atoms with Crippen LogP contribution in [0.1, 0.15) is 6.92 Å². The molecule has 62 valence electrons. The number of hydrogen-bond acceptors (Lipinski definition) is 4. The zero-order chi connectivity index (χ0) is 8.43. The van der Waals surface area contributed by atoms with Crippen molar-refractivity contribution in [3.63, 3.8) is 0 Å². The number of imide groups is 1. The topological polar surface area (TPSA) is 63.4 Å². The lowest BCUT2D eigenvalue weighted by molar-refractivity contribution is -0.125. The average molecular weight is 174 g/mol. The first-order valence-electron chi connectivity index (χ1n) is 3.35. The van der Waals surface area contributed by atoms with Gasteiger partial charge in [-0.3, -0.25) is 14.5 Å². The molecule has 1 atom stereocenters. The third kappa shape index (κ3) is 1.54. The zero-order valence-electron chi connectivity index (χ0n) is 6.24. The van der Waals surface area contributed by atoms with Gasteiger partial charge in [0.25, 0.3) is 5.24 Å². The predicted octanol–water partition coefficient (Wildman–Crippen LogP) is 0.0290. The fourth-order valence-electron chi connectivity index (χ4n) is 0.896. The Balaban J connectivity index is 2.68. The maximum Gasteiger partial charge on any atom is 0.289 e. The van der Waals surface area contributed by atoms with Crippen LogP contribution in [-0.4, -0.2) is 34.4 Å². The molecule has 0 radical (unpaired) electrons. The van der Waals surface area contributed by atoms with Gasteiger partial charge in [-0.25, -0.2) is 0 Å². The Hall–Kier alpha value is -0.550. The highest BCUT2D eigenvalue weighted by atomic mass is 32.2. The Labute approximate surface area is 69.1 Å². The van der Waals surface area contributed by atoms with Gasteiger partial charge in [0.05, 0.1) is 5.75 Å².